The first-order valence-corrected chi connectivity index (χ1v) is 11.7. The molecule has 0 amide bonds. The molecule has 2 aromatic heterocycles. The van der Waals surface area contributed by atoms with Crippen LogP contribution in [0.1, 0.15) is 5.76 Å². The van der Waals surface area contributed by atoms with Gasteiger partial charge in [0.05, 0.1) is 32.6 Å². The Morgan fingerprint density at radius 2 is 1.58 bits per heavy atom. The van der Waals surface area contributed by atoms with Gasteiger partial charge in [-0.2, -0.15) is 15.1 Å². The molecular formula is C23H25BrN6O3. The molecule has 9 nitrogen and oxygen atoms in total. The molecule has 3 aromatic rings. The second-order valence-electron chi connectivity index (χ2n) is 7.69. The minimum absolute atomic E-state index is 0.629. The van der Waals surface area contributed by atoms with Crippen LogP contribution in [-0.2, 0) is 9.47 Å². The number of nitrogens with one attached hydrogen (secondary N) is 1. The third-order valence-corrected chi connectivity index (χ3v) is 5.98. The van der Waals surface area contributed by atoms with Crippen molar-refractivity contribution in [1.29, 1.82) is 0 Å². The molecule has 4 heterocycles. The molecule has 172 valence electrons. The third kappa shape index (κ3) is 5.52. The lowest BCUT2D eigenvalue weighted by Crippen LogP contribution is -2.39. The second kappa shape index (κ2) is 10.3. The predicted octanol–water partition coefficient (Wildman–Crippen LogP) is 3.62. The van der Waals surface area contributed by atoms with E-state index >= 15 is 0 Å². The summed E-state index contributed by atoms with van der Waals surface area (Å²) in [5.41, 5.74) is 4.05. The standard InChI is InChI=1S/C23H25BrN6O3/c24-18-3-1-17(2-4-18)20-6-5-19(33-20)16-25-28-21-15-22(29-7-11-31-12-8-29)27-23(26-21)30-9-13-32-14-10-30/h1-6,15-16H,7-14H2,(H,26,27,28)/b25-16-. The SMILES string of the molecule is Brc1ccc(-c2ccc(/C=N\Nc3cc(N4CCOCC4)nc(N4CCOCC4)n3)o2)cc1. The number of ether oxygens (including phenoxy) is 2. The van der Waals surface area contributed by atoms with Gasteiger partial charge < -0.3 is 23.7 Å². The van der Waals surface area contributed by atoms with Gasteiger partial charge in [-0.25, -0.2) is 0 Å². The Bertz CT molecular complexity index is 1060. The maximum Gasteiger partial charge on any atom is 0.229 e. The van der Waals surface area contributed by atoms with Crippen molar-refractivity contribution in [1.82, 2.24) is 9.97 Å². The van der Waals surface area contributed by atoms with Gasteiger partial charge in [0.25, 0.3) is 0 Å². The lowest BCUT2D eigenvalue weighted by atomic mass is 10.2. The van der Waals surface area contributed by atoms with Crippen LogP contribution in [0.2, 0.25) is 0 Å². The molecule has 1 N–H and O–H groups in total. The van der Waals surface area contributed by atoms with E-state index in [4.69, 9.17) is 18.9 Å². The second-order valence-corrected chi connectivity index (χ2v) is 8.60. The fourth-order valence-electron chi connectivity index (χ4n) is 3.69. The monoisotopic (exact) mass is 512 g/mol. The van der Waals surface area contributed by atoms with E-state index in [9.17, 15) is 0 Å². The first-order valence-electron chi connectivity index (χ1n) is 10.9. The average molecular weight is 513 g/mol. The van der Waals surface area contributed by atoms with E-state index in [0.29, 0.717) is 44.0 Å². The van der Waals surface area contributed by atoms with Crippen molar-refractivity contribution in [2.24, 2.45) is 5.10 Å². The summed E-state index contributed by atoms with van der Waals surface area (Å²) in [6, 6.07) is 13.7. The molecule has 0 bridgehead atoms. The van der Waals surface area contributed by atoms with Gasteiger partial charge in [0, 0.05) is 42.3 Å². The van der Waals surface area contributed by atoms with E-state index in [2.05, 4.69) is 41.2 Å². The first-order chi connectivity index (χ1) is 16.2. The summed E-state index contributed by atoms with van der Waals surface area (Å²) in [5, 5.41) is 4.35. The van der Waals surface area contributed by atoms with Crippen molar-refractivity contribution in [2.75, 3.05) is 67.8 Å². The molecule has 0 aliphatic carbocycles. The molecule has 0 unspecified atom stereocenters. The summed E-state index contributed by atoms with van der Waals surface area (Å²) in [4.78, 5) is 13.8. The van der Waals surface area contributed by atoms with Crippen molar-refractivity contribution in [2.45, 2.75) is 0 Å². The molecule has 0 saturated carbocycles. The molecule has 33 heavy (non-hydrogen) atoms. The first kappa shape index (κ1) is 21.9. The van der Waals surface area contributed by atoms with Gasteiger partial charge in [0.15, 0.2) is 5.82 Å². The molecule has 2 saturated heterocycles. The van der Waals surface area contributed by atoms with Crippen LogP contribution in [0.15, 0.2) is 56.5 Å². The third-order valence-electron chi connectivity index (χ3n) is 5.46. The predicted molar refractivity (Wildman–Crippen MR) is 131 cm³/mol. The van der Waals surface area contributed by atoms with Crippen molar-refractivity contribution in [3.8, 4) is 11.3 Å². The highest BCUT2D eigenvalue weighted by Gasteiger charge is 2.19. The summed E-state index contributed by atoms with van der Waals surface area (Å²) in [5.74, 6) is 3.61. The average Bonchev–Trinajstić information content (AvgIpc) is 3.34. The van der Waals surface area contributed by atoms with Crippen LogP contribution in [-0.4, -0.2) is 68.8 Å². The maximum atomic E-state index is 5.90. The number of furan rings is 1. The van der Waals surface area contributed by atoms with Gasteiger partial charge in [0.2, 0.25) is 5.95 Å². The molecule has 2 aliphatic rings. The van der Waals surface area contributed by atoms with Gasteiger partial charge in [-0.05, 0) is 24.3 Å². The van der Waals surface area contributed by atoms with Crippen LogP contribution in [0.25, 0.3) is 11.3 Å². The van der Waals surface area contributed by atoms with Crippen molar-refractivity contribution >= 4 is 39.7 Å². The Morgan fingerprint density at radius 1 is 0.879 bits per heavy atom. The summed E-state index contributed by atoms with van der Waals surface area (Å²) in [7, 11) is 0. The zero-order valence-electron chi connectivity index (χ0n) is 18.1. The van der Waals surface area contributed by atoms with Gasteiger partial charge in [-0.3, -0.25) is 5.43 Å². The van der Waals surface area contributed by atoms with Crippen molar-refractivity contribution in [3.63, 3.8) is 0 Å². The van der Waals surface area contributed by atoms with Crippen molar-refractivity contribution < 1.29 is 13.9 Å². The van der Waals surface area contributed by atoms with E-state index in [0.717, 1.165) is 47.8 Å². The number of halogens is 1. The number of anilines is 3. The Labute approximate surface area is 200 Å². The number of morpholine rings is 2. The van der Waals surface area contributed by atoms with Gasteiger partial charge in [0.1, 0.15) is 17.3 Å². The number of aromatic nitrogens is 2. The summed E-state index contributed by atoms with van der Waals surface area (Å²) in [6.07, 6.45) is 1.65. The number of hydrazone groups is 1. The largest absolute Gasteiger partial charge is 0.455 e. The normalized spacial score (nSPS) is 17.0. The summed E-state index contributed by atoms with van der Waals surface area (Å²) >= 11 is 3.45. The van der Waals surface area contributed by atoms with E-state index < -0.39 is 0 Å². The fraction of sp³-hybridized carbons (Fsp3) is 0.348. The van der Waals surface area contributed by atoms with E-state index in [1.54, 1.807) is 6.21 Å². The zero-order chi connectivity index (χ0) is 22.5. The van der Waals surface area contributed by atoms with Gasteiger partial charge in [-0.15, -0.1) is 0 Å². The minimum atomic E-state index is 0.629. The number of hydrogen-bond donors (Lipinski definition) is 1. The molecular weight excluding hydrogens is 488 g/mol. The number of rotatable bonds is 6. The molecule has 10 heteroatoms. The van der Waals surface area contributed by atoms with Gasteiger partial charge in [-0.1, -0.05) is 28.1 Å². The summed E-state index contributed by atoms with van der Waals surface area (Å²) in [6.45, 7) is 5.85. The maximum absolute atomic E-state index is 5.90. The smallest absolute Gasteiger partial charge is 0.229 e. The van der Waals surface area contributed by atoms with Crippen molar-refractivity contribution in [3.05, 3.63) is 52.7 Å². The fourth-order valence-corrected chi connectivity index (χ4v) is 3.96. The van der Waals surface area contributed by atoms with Crippen LogP contribution < -0.4 is 15.2 Å². The Kier molecular flexibility index (Phi) is 6.84. The van der Waals surface area contributed by atoms with Crippen LogP contribution in [0, 0.1) is 0 Å². The van der Waals surface area contributed by atoms with Crippen LogP contribution in [0.3, 0.4) is 0 Å². The number of benzene rings is 1. The quantitative estimate of drug-likeness (QED) is 0.395. The van der Waals surface area contributed by atoms with E-state index in [-0.39, 0.29) is 0 Å². The van der Waals surface area contributed by atoms with E-state index in [1.807, 2.05) is 42.5 Å². The highest BCUT2D eigenvalue weighted by Crippen LogP contribution is 2.24. The Morgan fingerprint density at radius 3 is 2.30 bits per heavy atom. The molecule has 0 radical (unpaired) electrons. The summed E-state index contributed by atoms with van der Waals surface area (Å²) < 4.78 is 17.9. The number of hydrogen-bond acceptors (Lipinski definition) is 9. The molecule has 0 atom stereocenters. The van der Waals surface area contributed by atoms with Crippen LogP contribution in [0.4, 0.5) is 17.6 Å². The lowest BCUT2D eigenvalue weighted by molar-refractivity contribution is 0.121. The Hall–Kier alpha value is -2.95. The topological polar surface area (TPSA) is 88.2 Å². The highest BCUT2D eigenvalue weighted by atomic mass is 79.9. The molecule has 1 aromatic carbocycles. The molecule has 5 rings (SSSR count). The zero-order valence-corrected chi connectivity index (χ0v) is 19.7. The molecule has 0 spiro atoms. The number of nitrogens with zero attached hydrogens (tertiary/aromatic N) is 5. The Balaban J connectivity index is 1.32. The highest BCUT2D eigenvalue weighted by molar-refractivity contribution is 9.10. The lowest BCUT2D eigenvalue weighted by Gasteiger charge is -2.31. The van der Waals surface area contributed by atoms with Gasteiger partial charge >= 0.3 is 0 Å². The molecule has 2 fully saturated rings. The van der Waals surface area contributed by atoms with Crippen LogP contribution in [0.5, 0.6) is 0 Å². The van der Waals surface area contributed by atoms with Crippen LogP contribution >= 0.6 is 15.9 Å². The van der Waals surface area contributed by atoms with E-state index in [1.165, 1.54) is 0 Å². The molecule has 2 aliphatic heterocycles. The minimum Gasteiger partial charge on any atom is -0.455 e.